The Morgan fingerprint density at radius 1 is 1.30 bits per heavy atom. The molecule has 0 unspecified atom stereocenters. The number of hydrogen-bond donors (Lipinski definition) is 0. The van der Waals surface area contributed by atoms with Gasteiger partial charge in [0.2, 0.25) is 11.7 Å². The van der Waals surface area contributed by atoms with Crippen LogP contribution in [0.25, 0.3) is 11.6 Å². The van der Waals surface area contributed by atoms with E-state index in [1.54, 1.807) is 6.26 Å². The van der Waals surface area contributed by atoms with E-state index in [9.17, 15) is 4.79 Å². The maximum atomic E-state index is 12.7. The van der Waals surface area contributed by atoms with Gasteiger partial charge in [-0.1, -0.05) is 11.8 Å². The minimum atomic E-state index is 0.159. The molecule has 4 rings (SSSR count). The molecular weight excluding hydrogens is 364 g/mol. The van der Waals surface area contributed by atoms with Gasteiger partial charge in [-0.2, -0.15) is 0 Å². The van der Waals surface area contributed by atoms with Gasteiger partial charge in [0.1, 0.15) is 0 Å². The SMILES string of the molecule is C[C@@H]1CCCCN1C(=O)CSc1nnc(-c2ccco2)n1C[C@H]1CCCO1. The summed E-state index contributed by atoms with van der Waals surface area (Å²) in [5.41, 5.74) is 0. The standard InChI is InChI=1S/C19H26N4O3S/c1-14-6-2-3-9-22(14)17(24)13-27-19-21-20-18(16-8-5-11-26-16)23(19)12-15-7-4-10-25-15/h5,8,11,14-15H,2-4,6-7,9-10,12-13H2,1H3/t14-,15-/m1/s1. The number of carbonyl (C=O) groups excluding carboxylic acids is 1. The number of nitrogens with zero attached hydrogens (tertiary/aromatic N) is 4. The van der Waals surface area contributed by atoms with Gasteiger partial charge in [0, 0.05) is 19.2 Å². The Bertz CT molecular complexity index is 755. The Labute approximate surface area is 163 Å². The zero-order valence-corrected chi connectivity index (χ0v) is 16.5. The highest BCUT2D eigenvalue weighted by Gasteiger charge is 2.26. The minimum Gasteiger partial charge on any atom is -0.461 e. The highest BCUT2D eigenvalue weighted by molar-refractivity contribution is 7.99. The van der Waals surface area contributed by atoms with Crippen molar-refractivity contribution in [2.45, 2.75) is 62.9 Å². The first-order valence-corrected chi connectivity index (χ1v) is 10.7. The molecule has 2 atom stereocenters. The van der Waals surface area contributed by atoms with Crippen molar-refractivity contribution in [3.63, 3.8) is 0 Å². The molecule has 2 saturated heterocycles. The number of likely N-dealkylation sites (tertiary alicyclic amines) is 1. The lowest BCUT2D eigenvalue weighted by Crippen LogP contribution is -2.43. The molecule has 27 heavy (non-hydrogen) atoms. The largest absolute Gasteiger partial charge is 0.461 e. The molecule has 7 nitrogen and oxygen atoms in total. The predicted molar refractivity (Wildman–Crippen MR) is 102 cm³/mol. The number of thioether (sulfide) groups is 1. The molecule has 0 aromatic carbocycles. The van der Waals surface area contributed by atoms with Crippen molar-refractivity contribution in [2.75, 3.05) is 18.9 Å². The number of furan rings is 1. The maximum absolute atomic E-state index is 12.7. The van der Waals surface area contributed by atoms with E-state index in [1.165, 1.54) is 18.2 Å². The number of rotatable bonds is 6. The molecule has 0 saturated carbocycles. The summed E-state index contributed by atoms with van der Waals surface area (Å²) in [7, 11) is 0. The van der Waals surface area contributed by atoms with Crippen molar-refractivity contribution in [1.82, 2.24) is 19.7 Å². The van der Waals surface area contributed by atoms with Crippen molar-refractivity contribution in [3.05, 3.63) is 18.4 Å². The Hall–Kier alpha value is -1.80. The summed E-state index contributed by atoms with van der Waals surface area (Å²) in [6, 6.07) is 4.05. The van der Waals surface area contributed by atoms with Gasteiger partial charge in [-0.3, -0.25) is 9.36 Å². The van der Waals surface area contributed by atoms with Crippen molar-refractivity contribution in [3.8, 4) is 11.6 Å². The lowest BCUT2D eigenvalue weighted by molar-refractivity contribution is -0.131. The third kappa shape index (κ3) is 4.21. The zero-order chi connectivity index (χ0) is 18.6. The molecule has 1 amide bonds. The summed E-state index contributed by atoms with van der Waals surface area (Å²) in [5.74, 6) is 1.94. The van der Waals surface area contributed by atoms with Crippen molar-refractivity contribution < 1.29 is 13.9 Å². The van der Waals surface area contributed by atoms with Crippen LogP contribution >= 0.6 is 11.8 Å². The van der Waals surface area contributed by atoms with E-state index in [0.29, 0.717) is 29.9 Å². The fraction of sp³-hybridized carbons (Fsp3) is 0.632. The smallest absolute Gasteiger partial charge is 0.233 e. The third-order valence-electron chi connectivity index (χ3n) is 5.32. The number of amides is 1. The van der Waals surface area contributed by atoms with Gasteiger partial charge in [0.25, 0.3) is 0 Å². The third-order valence-corrected chi connectivity index (χ3v) is 6.27. The van der Waals surface area contributed by atoms with Gasteiger partial charge in [-0.05, 0) is 51.2 Å². The molecule has 146 valence electrons. The summed E-state index contributed by atoms with van der Waals surface area (Å²) in [5, 5.41) is 9.41. The summed E-state index contributed by atoms with van der Waals surface area (Å²) in [6.07, 6.45) is 7.30. The van der Waals surface area contributed by atoms with Gasteiger partial charge in [-0.15, -0.1) is 10.2 Å². The lowest BCUT2D eigenvalue weighted by atomic mass is 10.0. The van der Waals surface area contributed by atoms with Crippen LogP contribution in [-0.4, -0.2) is 56.6 Å². The van der Waals surface area contributed by atoms with Crippen LogP contribution in [0.3, 0.4) is 0 Å². The molecule has 2 aliphatic heterocycles. The van der Waals surface area contributed by atoms with E-state index < -0.39 is 0 Å². The monoisotopic (exact) mass is 390 g/mol. The molecule has 0 radical (unpaired) electrons. The van der Waals surface area contributed by atoms with Crippen LogP contribution < -0.4 is 0 Å². The molecular formula is C19H26N4O3S. The van der Waals surface area contributed by atoms with Crippen molar-refractivity contribution in [2.24, 2.45) is 0 Å². The van der Waals surface area contributed by atoms with E-state index in [0.717, 1.165) is 44.0 Å². The maximum Gasteiger partial charge on any atom is 0.233 e. The van der Waals surface area contributed by atoms with Crippen LogP contribution in [0.5, 0.6) is 0 Å². The first-order chi connectivity index (χ1) is 13.2. The number of aromatic nitrogens is 3. The molecule has 0 N–H and O–H groups in total. The zero-order valence-electron chi connectivity index (χ0n) is 15.7. The average Bonchev–Trinajstić information content (AvgIpc) is 3.43. The van der Waals surface area contributed by atoms with E-state index in [-0.39, 0.29) is 12.0 Å². The number of ether oxygens (including phenoxy) is 1. The summed E-state index contributed by atoms with van der Waals surface area (Å²) >= 11 is 1.45. The van der Waals surface area contributed by atoms with Crippen molar-refractivity contribution in [1.29, 1.82) is 0 Å². The highest BCUT2D eigenvalue weighted by Crippen LogP contribution is 2.27. The predicted octanol–water partition coefficient (Wildman–Crippen LogP) is 3.21. The minimum absolute atomic E-state index is 0.159. The molecule has 0 bridgehead atoms. The molecule has 0 aliphatic carbocycles. The summed E-state index contributed by atoms with van der Waals surface area (Å²) < 4.78 is 13.4. The fourth-order valence-corrected chi connectivity index (χ4v) is 4.65. The molecule has 0 spiro atoms. The van der Waals surface area contributed by atoms with Crippen LogP contribution in [0.2, 0.25) is 0 Å². The van der Waals surface area contributed by atoms with Crippen LogP contribution in [-0.2, 0) is 16.1 Å². The van der Waals surface area contributed by atoms with E-state index in [4.69, 9.17) is 9.15 Å². The van der Waals surface area contributed by atoms with Crippen LogP contribution in [0.4, 0.5) is 0 Å². The van der Waals surface area contributed by atoms with Gasteiger partial charge < -0.3 is 14.1 Å². The lowest BCUT2D eigenvalue weighted by Gasteiger charge is -2.33. The van der Waals surface area contributed by atoms with Crippen LogP contribution in [0, 0.1) is 0 Å². The number of piperidine rings is 1. The topological polar surface area (TPSA) is 73.4 Å². The first kappa shape index (κ1) is 18.6. The Morgan fingerprint density at radius 3 is 2.96 bits per heavy atom. The Morgan fingerprint density at radius 2 is 2.22 bits per heavy atom. The van der Waals surface area contributed by atoms with Gasteiger partial charge >= 0.3 is 0 Å². The number of carbonyl (C=O) groups is 1. The first-order valence-electron chi connectivity index (χ1n) is 9.73. The van der Waals surface area contributed by atoms with Gasteiger partial charge in [0.05, 0.1) is 24.7 Å². The highest BCUT2D eigenvalue weighted by atomic mass is 32.2. The summed E-state index contributed by atoms with van der Waals surface area (Å²) in [4.78, 5) is 14.7. The van der Waals surface area contributed by atoms with Crippen LogP contribution in [0.1, 0.15) is 39.0 Å². The molecule has 4 heterocycles. The van der Waals surface area contributed by atoms with E-state index in [1.807, 2.05) is 21.6 Å². The second-order valence-corrected chi connectivity index (χ2v) is 8.19. The van der Waals surface area contributed by atoms with E-state index in [2.05, 4.69) is 17.1 Å². The average molecular weight is 391 g/mol. The molecule has 2 aromatic heterocycles. The fourth-order valence-electron chi connectivity index (χ4n) is 3.82. The Balaban J connectivity index is 1.48. The normalized spacial score (nSPS) is 23.1. The molecule has 2 fully saturated rings. The second kappa shape index (κ2) is 8.48. The molecule has 8 heteroatoms. The number of hydrogen-bond acceptors (Lipinski definition) is 6. The quantitative estimate of drug-likeness (QED) is 0.705. The molecule has 2 aliphatic rings. The second-order valence-electron chi connectivity index (χ2n) is 7.25. The summed E-state index contributed by atoms with van der Waals surface area (Å²) in [6.45, 7) is 4.48. The van der Waals surface area contributed by atoms with Crippen molar-refractivity contribution >= 4 is 17.7 Å². The van der Waals surface area contributed by atoms with E-state index >= 15 is 0 Å². The molecule has 2 aromatic rings. The van der Waals surface area contributed by atoms with Gasteiger partial charge in [-0.25, -0.2) is 0 Å². The van der Waals surface area contributed by atoms with Gasteiger partial charge in [0.15, 0.2) is 10.9 Å². The Kier molecular flexibility index (Phi) is 5.83. The van der Waals surface area contributed by atoms with Crippen LogP contribution in [0.15, 0.2) is 28.0 Å².